The van der Waals surface area contributed by atoms with Crippen molar-refractivity contribution in [2.24, 2.45) is 11.7 Å². The van der Waals surface area contributed by atoms with Gasteiger partial charge in [0.1, 0.15) is 0 Å². The summed E-state index contributed by atoms with van der Waals surface area (Å²) >= 11 is 0. The van der Waals surface area contributed by atoms with Crippen LogP contribution in [0.1, 0.15) is 43.0 Å². The zero-order valence-electron chi connectivity index (χ0n) is 10.2. The van der Waals surface area contributed by atoms with Gasteiger partial charge in [-0.25, -0.2) is 0 Å². The Morgan fingerprint density at radius 3 is 2.33 bits per heavy atom. The van der Waals surface area contributed by atoms with Gasteiger partial charge in [0, 0.05) is 11.7 Å². The molecule has 84 valence electrons. The molecule has 0 saturated carbocycles. The van der Waals surface area contributed by atoms with Gasteiger partial charge in [-0.2, -0.15) is 0 Å². The number of aryl methyl sites for hydroxylation is 2. The first-order valence-corrected chi connectivity index (χ1v) is 5.54. The van der Waals surface area contributed by atoms with E-state index in [9.17, 15) is 0 Å². The molecule has 0 spiro atoms. The van der Waals surface area contributed by atoms with Gasteiger partial charge in [0.25, 0.3) is 0 Å². The van der Waals surface area contributed by atoms with Crippen LogP contribution in [0.3, 0.4) is 0 Å². The summed E-state index contributed by atoms with van der Waals surface area (Å²) < 4.78 is 0. The normalized spacial score (nSPS) is 13.2. The van der Waals surface area contributed by atoms with E-state index >= 15 is 0 Å². The molecule has 0 saturated heterocycles. The summed E-state index contributed by atoms with van der Waals surface area (Å²) in [4.78, 5) is 0. The molecule has 0 radical (unpaired) electrons. The van der Waals surface area contributed by atoms with Gasteiger partial charge in [0.05, 0.1) is 0 Å². The first-order chi connectivity index (χ1) is 6.91. The minimum Gasteiger partial charge on any atom is -0.398 e. The van der Waals surface area contributed by atoms with Gasteiger partial charge in [-0.1, -0.05) is 31.5 Å². The van der Waals surface area contributed by atoms with E-state index < -0.39 is 0 Å². The second-order valence-electron chi connectivity index (χ2n) is 4.82. The molecule has 1 unspecified atom stereocenters. The summed E-state index contributed by atoms with van der Waals surface area (Å²) in [5, 5.41) is 0. The van der Waals surface area contributed by atoms with Crippen LogP contribution in [0.25, 0.3) is 0 Å². The van der Waals surface area contributed by atoms with Gasteiger partial charge in [-0.3, -0.25) is 0 Å². The molecule has 0 heterocycles. The Kier molecular flexibility index (Phi) is 3.75. The molecule has 0 aliphatic rings. The topological polar surface area (TPSA) is 52.0 Å². The van der Waals surface area contributed by atoms with Gasteiger partial charge in [-0.05, 0) is 37.3 Å². The number of hydrogen-bond acceptors (Lipinski definition) is 2. The maximum absolute atomic E-state index is 6.15. The Balaban J connectivity index is 3.02. The molecule has 0 aliphatic carbocycles. The SMILES string of the molecule is Cc1cc(C)c(N)c(C(N)CC(C)C)c1. The Morgan fingerprint density at radius 2 is 1.80 bits per heavy atom. The van der Waals surface area contributed by atoms with Crippen molar-refractivity contribution >= 4 is 5.69 Å². The lowest BCUT2D eigenvalue weighted by atomic mass is 9.93. The van der Waals surface area contributed by atoms with Crippen molar-refractivity contribution < 1.29 is 0 Å². The lowest BCUT2D eigenvalue weighted by Crippen LogP contribution is -2.15. The predicted molar refractivity (Wildman–Crippen MR) is 66.7 cm³/mol. The third-order valence-electron chi connectivity index (χ3n) is 2.69. The van der Waals surface area contributed by atoms with Gasteiger partial charge >= 0.3 is 0 Å². The molecule has 1 aromatic rings. The average Bonchev–Trinajstić information content (AvgIpc) is 2.09. The predicted octanol–water partition coefficient (Wildman–Crippen LogP) is 2.93. The highest BCUT2D eigenvalue weighted by Gasteiger charge is 2.13. The molecule has 0 aliphatic heterocycles. The molecule has 0 aromatic heterocycles. The molecule has 1 atom stereocenters. The molecule has 1 rings (SSSR count). The van der Waals surface area contributed by atoms with E-state index in [-0.39, 0.29) is 6.04 Å². The molecular formula is C13H22N2. The van der Waals surface area contributed by atoms with Crippen molar-refractivity contribution in [3.8, 4) is 0 Å². The summed E-state index contributed by atoms with van der Waals surface area (Å²) in [6, 6.07) is 4.26. The van der Waals surface area contributed by atoms with Crippen LogP contribution < -0.4 is 11.5 Å². The fourth-order valence-corrected chi connectivity index (χ4v) is 1.95. The van der Waals surface area contributed by atoms with Crippen LogP contribution in [-0.4, -0.2) is 0 Å². The van der Waals surface area contributed by atoms with Gasteiger partial charge in [0.15, 0.2) is 0 Å². The van der Waals surface area contributed by atoms with E-state index in [2.05, 4.69) is 32.9 Å². The Morgan fingerprint density at radius 1 is 1.20 bits per heavy atom. The zero-order chi connectivity index (χ0) is 11.6. The van der Waals surface area contributed by atoms with Crippen LogP contribution in [0.2, 0.25) is 0 Å². The van der Waals surface area contributed by atoms with Gasteiger partial charge in [0.2, 0.25) is 0 Å². The third kappa shape index (κ3) is 2.96. The maximum Gasteiger partial charge on any atom is 0.0392 e. The zero-order valence-corrected chi connectivity index (χ0v) is 10.2. The summed E-state index contributed by atoms with van der Waals surface area (Å²) in [5.74, 6) is 0.597. The number of benzene rings is 1. The van der Waals surface area contributed by atoms with Crippen LogP contribution in [-0.2, 0) is 0 Å². The highest BCUT2D eigenvalue weighted by atomic mass is 14.7. The number of nitrogen functional groups attached to an aromatic ring is 1. The van der Waals surface area contributed by atoms with Crippen molar-refractivity contribution in [1.29, 1.82) is 0 Å². The van der Waals surface area contributed by atoms with E-state index in [1.165, 1.54) is 5.56 Å². The second kappa shape index (κ2) is 4.67. The number of rotatable bonds is 3. The second-order valence-corrected chi connectivity index (χ2v) is 4.82. The summed E-state index contributed by atoms with van der Waals surface area (Å²) in [6.07, 6.45) is 0.979. The minimum absolute atomic E-state index is 0.0589. The van der Waals surface area contributed by atoms with E-state index in [4.69, 9.17) is 11.5 Å². The minimum atomic E-state index is 0.0589. The fourth-order valence-electron chi connectivity index (χ4n) is 1.95. The molecule has 0 fully saturated rings. The van der Waals surface area contributed by atoms with E-state index in [1.807, 2.05) is 6.92 Å². The van der Waals surface area contributed by atoms with E-state index in [0.29, 0.717) is 5.92 Å². The number of anilines is 1. The fraction of sp³-hybridized carbons (Fsp3) is 0.538. The lowest BCUT2D eigenvalue weighted by molar-refractivity contribution is 0.510. The van der Waals surface area contributed by atoms with Crippen LogP contribution in [0.5, 0.6) is 0 Å². The van der Waals surface area contributed by atoms with Crippen LogP contribution in [0.4, 0.5) is 5.69 Å². The Bertz CT molecular complexity index is 343. The van der Waals surface area contributed by atoms with Crippen LogP contribution in [0.15, 0.2) is 12.1 Å². The Labute approximate surface area is 92.7 Å². The number of nitrogens with two attached hydrogens (primary N) is 2. The largest absolute Gasteiger partial charge is 0.398 e. The van der Waals surface area contributed by atoms with Crippen LogP contribution in [0, 0.1) is 19.8 Å². The summed E-state index contributed by atoms with van der Waals surface area (Å²) in [6.45, 7) is 8.48. The molecule has 0 amide bonds. The first-order valence-electron chi connectivity index (χ1n) is 5.54. The quantitative estimate of drug-likeness (QED) is 0.747. The van der Waals surface area contributed by atoms with Crippen LogP contribution >= 0.6 is 0 Å². The van der Waals surface area contributed by atoms with Gasteiger partial charge in [-0.15, -0.1) is 0 Å². The van der Waals surface area contributed by atoms with Crippen molar-refractivity contribution in [2.75, 3.05) is 5.73 Å². The van der Waals surface area contributed by atoms with E-state index in [0.717, 1.165) is 23.2 Å². The molecular weight excluding hydrogens is 184 g/mol. The van der Waals surface area contributed by atoms with Crippen molar-refractivity contribution in [3.05, 3.63) is 28.8 Å². The molecule has 0 bridgehead atoms. The molecule has 2 nitrogen and oxygen atoms in total. The monoisotopic (exact) mass is 206 g/mol. The summed E-state index contributed by atoms with van der Waals surface area (Å²) in [7, 11) is 0. The molecule has 15 heavy (non-hydrogen) atoms. The van der Waals surface area contributed by atoms with Gasteiger partial charge < -0.3 is 11.5 Å². The molecule has 1 aromatic carbocycles. The molecule has 4 N–H and O–H groups in total. The standard InChI is InChI=1S/C13H22N2/c1-8(2)5-12(14)11-7-9(3)6-10(4)13(11)15/h6-8,12H,5,14-15H2,1-4H3. The maximum atomic E-state index is 6.15. The first kappa shape index (κ1) is 12.1. The third-order valence-corrected chi connectivity index (χ3v) is 2.69. The average molecular weight is 206 g/mol. The van der Waals surface area contributed by atoms with Crippen molar-refractivity contribution in [3.63, 3.8) is 0 Å². The van der Waals surface area contributed by atoms with E-state index in [1.54, 1.807) is 0 Å². The molecule has 2 heteroatoms. The summed E-state index contributed by atoms with van der Waals surface area (Å²) in [5.41, 5.74) is 16.5. The lowest BCUT2D eigenvalue weighted by Gasteiger charge is -2.18. The highest BCUT2D eigenvalue weighted by molar-refractivity contribution is 5.56. The Hall–Kier alpha value is -1.02. The van der Waals surface area contributed by atoms with Crippen molar-refractivity contribution in [2.45, 2.75) is 40.2 Å². The highest BCUT2D eigenvalue weighted by Crippen LogP contribution is 2.27. The number of hydrogen-bond donors (Lipinski definition) is 2. The van der Waals surface area contributed by atoms with Crippen molar-refractivity contribution in [1.82, 2.24) is 0 Å². The smallest absolute Gasteiger partial charge is 0.0392 e.